The first-order valence-electron chi connectivity index (χ1n) is 22.3. The lowest BCUT2D eigenvalue weighted by atomic mass is 9.90. The van der Waals surface area contributed by atoms with Gasteiger partial charge in [-0.1, -0.05) is 13.8 Å². The number of ether oxygens (including phenoxy) is 4. The molecule has 3 aliphatic rings. The Morgan fingerprint density at radius 3 is 2.08 bits per heavy atom. The van der Waals surface area contributed by atoms with Crippen molar-refractivity contribution in [2.75, 3.05) is 45.0 Å². The Morgan fingerprint density at radius 1 is 0.800 bits per heavy atom. The second-order valence-electron chi connectivity index (χ2n) is 17.8. The van der Waals surface area contributed by atoms with Crippen molar-refractivity contribution in [2.45, 2.75) is 81.2 Å². The summed E-state index contributed by atoms with van der Waals surface area (Å²) in [7, 11) is -20.5. The lowest BCUT2D eigenvalue weighted by molar-refractivity contribution is -0.646. The average Bonchev–Trinajstić information content (AvgIpc) is 4.12. The van der Waals surface area contributed by atoms with Gasteiger partial charge in [-0.05, 0) is 12.3 Å². The van der Waals surface area contributed by atoms with Crippen molar-refractivity contribution < 1.29 is 98.9 Å². The van der Waals surface area contributed by atoms with E-state index in [0.29, 0.717) is 0 Å². The molecular formula is C36H52N12O23P4. The summed E-state index contributed by atoms with van der Waals surface area (Å²) in [5, 5.41) is 33.0. The molecular weight excluding hydrogens is 1090 g/mol. The van der Waals surface area contributed by atoms with Gasteiger partial charge in [0.15, 0.2) is 17.7 Å². The fraction of sp³-hybridized carbons (Fsp3) is 0.611. The Labute approximate surface area is 420 Å². The van der Waals surface area contributed by atoms with Crippen molar-refractivity contribution in [3.8, 4) is 0 Å². The number of hydrogen-bond acceptors (Lipinski definition) is 26. The van der Waals surface area contributed by atoms with Gasteiger partial charge in [-0.15, -0.1) is 0 Å². The zero-order valence-electron chi connectivity index (χ0n) is 39.6. The van der Waals surface area contributed by atoms with E-state index < -0.39 is 146 Å². The molecule has 16 atom stereocenters. The average molecular weight is 1140 g/mol. The molecule has 0 aliphatic carbocycles. The van der Waals surface area contributed by atoms with Crippen LogP contribution in [0, 0.1) is 17.8 Å². The zero-order chi connectivity index (χ0) is 54.7. The highest BCUT2D eigenvalue weighted by Gasteiger charge is 2.55. The highest BCUT2D eigenvalue weighted by Crippen LogP contribution is 2.68. The van der Waals surface area contributed by atoms with Gasteiger partial charge >= 0.3 is 34.7 Å². The number of phosphoric ester groups is 2. The maximum atomic E-state index is 14.4. The van der Waals surface area contributed by atoms with E-state index >= 15 is 0 Å². The third-order valence-electron chi connectivity index (χ3n) is 12.6. The minimum atomic E-state index is -6.19. The Balaban J connectivity index is 0.972. The van der Waals surface area contributed by atoms with Gasteiger partial charge in [0, 0.05) is 37.8 Å². The molecule has 0 radical (unpaired) electrons. The lowest BCUT2D eigenvalue weighted by Gasteiger charge is -2.37. The molecule has 0 amide bonds. The summed E-state index contributed by atoms with van der Waals surface area (Å²) in [6.07, 6.45) is -9.53. The highest BCUT2D eigenvalue weighted by atomic mass is 31.3. The Bertz CT molecular complexity index is 3300. The van der Waals surface area contributed by atoms with Crippen LogP contribution in [0.3, 0.4) is 0 Å². The van der Waals surface area contributed by atoms with Crippen LogP contribution in [-0.4, -0.2) is 149 Å². The molecule has 0 saturated carbocycles. The number of aliphatic hydroxyl groups is 3. The van der Waals surface area contributed by atoms with E-state index in [0.717, 1.165) is 23.2 Å². The second kappa shape index (κ2) is 21.7. The number of nitrogen functional groups attached to an aromatic ring is 2. The summed E-state index contributed by atoms with van der Waals surface area (Å²) in [6, 6.07) is 0.933. The number of hydrogen-bond donors (Lipinski definition) is 10. The molecule has 8 rings (SSSR count). The van der Waals surface area contributed by atoms with Crippen LogP contribution in [0.4, 0.5) is 11.8 Å². The second-order valence-corrected chi connectivity index (χ2v) is 24.3. The SMILES string of the molecule is COCC[C@H]1[C@@H](O)[C@H](n2c[n+](C)c3c(=O)[nH]c(N)nc32)O[C@@H]1COP(=O)(O)OP(=O)(O)OP(=O)(O)OCC1O[C@@H](n2cnc3c(N)ncnc32)[C@H](C(C)C)[C@@H]1P(=O)([O-])OC[C@H]1O[C@@H](n2ccc(=O)[nH]c2=O)[C@H](O)[C@@H]1O. The van der Waals surface area contributed by atoms with Gasteiger partial charge in [-0.2, -0.15) is 18.2 Å². The van der Waals surface area contributed by atoms with E-state index in [9.17, 15) is 67.5 Å². The van der Waals surface area contributed by atoms with Crippen molar-refractivity contribution in [3.05, 3.63) is 62.4 Å². The fourth-order valence-corrected chi connectivity index (χ4v) is 14.8. The number of imidazole rings is 2. The number of aryl methyl sites for hydroxylation is 1. The quantitative estimate of drug-likeness (QED) is 0.0260. The van der Waals surface area contributed by atoms with Crippen molar-refractivity contribution in [1.29, 1.82) is 0 Å². The standard InChI is InChI=1S/C36H52N12O23P4/c1-15(2)21-27(72(55,56)64-10-18-25(51)26(52)34(68-18)46-7-5-20(49)42-36(46)54)19(69-32(21)47-13-41-22-28(37)39-12-40-29(22)47)11-66-74(59,60)71-75(61,62)70-73(57,58)65-9-17-16(6-8-63-4)24(50)33(67-17)48-14-45(3)23-30(48)43-35(38)44-31(23)53/h5,7,12-19,21,24-27,32-34,50-52H,6,8-11H2,1-4H3,(H9-,37,38,39,40,42,43,44,49,53,54,55,56,57,58,59,60,61,62)/t16-,17-,18-,19?,21-,24-,25-,26-,27-,32-,33-,34-/m1/s1. The molecule has 35 nitrogen and oxygen atoms in total. The third-order valence-corrected chi connectivity index (χ3v) is 18.7. The number of phosphoric acid groups is 3. The summed E-state index contributed by atoms with van der Waals surface area (Å²) in [5.41, 5.74) is 7.59. The first-order valence-corrected chi connectivity index (χ1v) is 28.4. The van der Waals surface area contributed by atoms with Gasteiger partial charge < -0.3 is 74.4 Å². The van der Waals surface area contributed by atoms with Gasteiger partial charge in [-0.25, -0.2) is 38.0 Å². The number of rotatable bonds is 21. The van der Waals surface area contributed by atoms with Gasteiger partial charge in [-0.3, -0.25) is 37.7 Å². The molecule has 3 aliphatic heterocycles. The van der Waals surface area contributed by atoms with E-state index in [1.165, 1.54) is 40.5 Å². The van der Waals surface area contributed by atoms with Crippen LogP contribution in [0.5, 0.6) is 0 Å². The largest absolute Gasteiger partial charge is 0.778 e. The summed E-state index contributed by atoms with van der Waals surface area (Å²) < 4.78 is 106. The van der Waals surface area contributed by atoms with Crippen LogP contribution in [0.2, 0.25) is 0 Å². The molecule has 0 aromatic carbocycles. The van der Waals surface area contributed by atoms with E-state index in [4.69, 9.17) is 44.0 Å². The van der Waals surface area contributed by atoms with Crippen LogP contribution >= 0.6 is 31.1 Å². The first kappa shape index (κ1) is 56.7. The fourth-order valence-electron chi connectivity index (χ4n) is 9.25. The molecule has 3 saturated heterocycles. The molecule has 8 heterocycles. The molecule has 12 N–H and O–H groups in total. The van der Waals surface area contributed by atoms with Crippen molar-refractivity contribution in [1.82, 2.24) is 43.6 Å². The first-order chi connectivity index (χ1) is 35.1. The van der Waals surface area contributed by atoms with Crippen LogP contribution in [0.15, 0.2) is 45.6 Å². The molecule has 75 heavy (non-hydrogen) atoms. The third kappa shape index (κ3) is 11.8. The predicted molar refractivity (Wildman–Crippen MR) is 246 cm³/mol. The topological polar surface area (TPSA) is 501 Å². The van der Waals surface area contributed by atoms with E-state index in [1.54, 1.807) is 13.8 Å². The maximum Gasteiger partial charge on any atom is 0.490 e. The minimum absolute atomic E-state index is 0.00546. The molecule has 5 aromatic rings. The predicted octanol–water partition coefficient (Wildman–Crippen LogP) is -2.89. The monoisotopic (exact) mass is 1140 g/mol. The smallest absolute Gasteiger partial charge is 0.490 e. The Hall–Kier alpha value is -4.54. The number of aromatic nitrogens is 10. The molecule has 3 fully saturated rings. The Kier molecular flexibility index (Phi) is 16.4. The molecule has 414 valence electrons. The summed E-state index contributed by atoms with van der Waals surface area (Å²) in [4.78, 5) is 104. The number of aliphatic hydroxyl groups excluding tert-OH is 3. The van der Waals surface area contributed by atoms with Gasteiger partial charge in [0.05, 0.1) is 51.1 Å². The van der Waals surface area contributed by atoms with Gasteiger partial charge in [0.25, 0.3) is 16.7 Å². The zero-order valence-corrected chi connectivity index (χ0v) is 43.2. The number of nitrogens with one attached hydrogen (secondary N) is 2. The number of nitrogens with zero attached hydrogens (tertiary/aromatic N) is 8. The van der Waals surface area contributed by atoms with Crippen LogP contribution in [0.1, 0.15) is 39.0 Å². The molecule has 0 bridgehead atoms. The van der Waals surface area contributed by atoms with Crippen molar-refractivity contribution in [2.24, 2.45) is 24.8 Å². The number of H-pyrrole nitrogens is 2. The lowest BCUT2D eigenvalue weighted by Crippen LogP contribution is -2.39. The minimum Gasteiger partial charge on any atom is -0.778 e. The van der Waals surface area contributed by atoms with Crippen molar-refractivity contribution >= 4 is 65.2 Å². The van der Waals surface area contributed by atoms with Gasteiger partial charge in [0.1, 0.15) is 50.1 Å². The normalized spacial score (nSPS) is 30.5. The summed E-state index contributed by atoms with van der Waals surface area (Å²) >= 11 is 0. The number of aromatic amines is 2. The van der Waals surface area contributed by atoms with E-state index in [2.05, 4.69) is 33.5 Å². The number of methoxy groups -OCH3 is 1. The molecule has 5 aromatic heterocycles. The molecule has 0 spiro atoms. The number of nitrogens with two attached hydrogens (primary N) is 2. The van der Waals surface area contributed by atoms with Crippen molar-refractivity contribution in [3.63, 3.8) is 0 Å². The summed E-state index contributed by atoms with van der Waals surface area (Å²) in [5.74, 6) is -3.14. The van der Waals surface area contributed by atoms with Gasteiger partial charge in [0.2, 0.25) is 18.5 Å². The summed E-state index contributed by atoms with van der Waals surface area (Å²) in [6.45, 7) is 0.000897. The van der Waals surface area contributed by atoms with Crippen LogP contribution in [0.25, 0.3) is 22.3 Å². The van der Waals surface area contributed by atoms with E-state index in [-0.39, 0.29) is 47.1 Å². The van der Waals surface area contributed by atoms with Crippen LogP contribution < -0.4 is 37.7 Å². The van der Waals surface area contributed by atoms with E-state index in [1.807, 2.05) is 4.98 Å². The molecule has 5 unspecified atom stereocenters. The Morgan fingerprint density at radius 2 is 1.43 bits per heavy atom. The highest BCUT2D eigenvalue weighted by molar-refractivity contribution is 7.66. The number of anilines is 2. The maximum absolute atomic E-state index is 14.4. The van der Waals surface area contributed by atoms with Crippen LogP contribution in [-0.2, 0) is 66.4 Å². The number of fused-ring (bicyclic) bond motifs is 2. The molecule has 39 heteroatoms.